The maximum absolute atomic E-state index is 12.6. The molecule has 8 nitrogen and oxygen atoms in total. The van der Waals surface area contributed by atoms with E-state index in [4.69, 9.17) is 9.47 Å². The molecule has 27 heavy (non-hydrogen) atoms. The van der Waals surface area contributed by atoms with Crippen molar-refractivity contribution in [2.45, 2.75) is 26.3 Å². The number of nitrogens with one attached hydrogen (secondary N) is 1. The van der Waals surface area contributed by atoms with Gasteiger partial charge in [0.25, 0.3) is 5.56 Å². The fourth-order valence-electron chi connectivity index (χ4n) is 3.17. The van der Waals surface area contributed by atoms with Crippen molar-refractivity contribution in [3.05, 3.63) is 40.3 Å². The standard InChI is InChI=1S/C19H24N4O4/c1-13-10-18(25)23(19(20-13)22-8-4-5-9-22)12-17(24)21-14-6-7-15(26-2)16(11-14)27-3/h6-7,10-11H,4-5,8-9,12H2,1-3H3,(H,21,24). The minimum absolute atomic E-state index is 0.105. The van der Waals surface area contributed by atoms with E-state index in [1.165, 1.54) is 17.7 Å². The molecule has 3 rings (SSSR count). The molecule has 1 aliphatic heterocycles. The number of methoxy groups -OCH3 is 2. The molecule has 0 saturated carbocycles. The van der Waals surface area contributed by atoms with Gasteiger partial charge in [-0.25, -0.2) is 4.98 Å². The number of carbonyl (C=O) groups is 1. The molecule has 2 heterocycles. The van der Waals surface area contributed by atoms with Gasteiger partial charge in [0.05, 0.1) is 14.2 Å². The fourth-order valence-corrected chi connectivity index (χ4v) is 3.17. The van der Waals surface area contributed by atoms with Gasteiger partial charge in [0.1, 0.15) is 6.54 Å². The molecule has 144 valence electrons. The zero-order chi connectivity index (χ0) is 19.4. The Balaban J connectivity index is 1.81. The Morgan fingerprint density at radius 3 is 2.52 bits per heavy atom. The first-order chi connectivity index (χ1) is 13.0. The number of amides is 1. The van der Waals surface area contributed by atoms with Crippen molar-refractivity contribution in [1.29, 1.82) is 0 Å². The number of aromatic nitrogens is 2. The summed E-state index contributed by atoms with van der Waals surface area (Å²) in [4.78, 5) is 31.6. The molecule has 1 aromatic carbocycles. The van der Waals surface area contributed by atoms with E-state index in [2.05, 4.69) is 15.2 Å². The first-order valence-corrected chi connectivity index (χ1v) is 8.87. The lowest BCUT2D eigenvalue weighted by Crippen LogP contribution is -2.34. The second-order valence-corrected chi connectivity index (χ2v) is 6.43. The van der Waals surface area contributed by atoms with Crippen molar-refractivity contribution in [1.82, 2.24) is 9.55 Å². The average molecular weight is 372 g/mol. The molecule has 1 fully saturated rings. The molecule has 0 spiro atoms. The molecule has 0 bridgehead atoms. The van der Waals surface area contributed by atoms with E-state index in [1.54, 1.807) is 32.2 Å². The predicted molar refractivity (Wildman–Crippen MR) is 103 cm³/mol. The summed E-state index contributed by atoms with van der Waals surface area (Å²) in [7, 11) is 3.08. The van der Waals surface area contributed by atoms with Crippen LogP contribution in [0, 0.1) is 6.92 Å². The largest absolute Gasteiger partial charge is 0.493 e. The zero-order valence-corrected chi connectivity index (χ0v) is 15.8. The molecular formula is C19H24N4O4. The number of benzene rings is 1. The van der Waals surface area contributed by atoms with Crippen LogP contribution in [0.3, 0.4) is 0 Å². The van der Waals surface area contributed by atoms with Gasteiger partial charge in [-0.3, -0.25) is 14.2 Å². The second kappa shape index (κ2) is 8.11. The summed E-state index contributed by atoms with van der Waals surface area (Å²) in [6, 6.07) is 6.55. The normalized spacial score (nSPS) is 13.5. The Morgan fingerprint density at radius 2 is 1.85 bits per heavy atom. The predicted octanol–water partition coefficient (Wildman–Crippen LogP) is 1.81. The molecule has 1 N–H and O–H groups in total. The molecule has 0 radical (unpaired) electrons. The number of ether oxygens (including phenoxy) is 2. The number of hydrogen-bond acceptors (Lipinski definition) is 6. The second-order valence-electron chi connectivity index (χ2n) is 6.43. The summed E-state index contributed by atoms with van der Waals surface area (Å²) in [5.41, 5.74) is 0.985. The smallest absolute Gasteiger partial charge is 0.255 e. The molecule has 0 atom stereocenters. The van der Waals surface area contributed by atoms with E-state index in [0.717, 1.165) is 25.9 Å². The van der Waals surface area contributed by atoms with Crippen molar-refractivity contribution in [2.75, 3.05) is 37.5 Å². The summed E-state index contributed by atoms with van der Waals surface area (Å²) < 4.78 is 11.9. The van der Waals surface area contributed by atoms with Crippen LogP contribution in [0.5, 0.6) is 11.5 Å². The van der Waals surface area contributed by atoms with Crippen LogP contribution in [0.1, 0.15) is 18.5 Å². The molecule has 1 amide bonds. The number of nitrogens with zero attached hydrogens (tertiary/aromatic N) is 3. The third kappa shape index (κ3) is 4.21. The molecule has 0 unspecified atom stereocenters. The van der Waals surface area contributed by atoms with Gasteiger partial charge in [-0.1, -0.05) is 0 Å². The van der Waals surface area contributed by atoms with Gasteiger partial charge >= 0.3 is 0 Å². The van der Waals surface area contributed by atoms with Crippen LogP contribution in [0.2, 0.25) is 0 Å². The number of rotatable bonds is 6. The molecule has 1 saturated heterocycles. The van der Waals surface area contributed by atoms with E-state index in [1.807, 2.05) is 0 Å². The molecule has 1 aromatic heterocycles. The van der Waals surface area contributed by atoms with E-state index < -0.39 is 0 Å². The van der Waals surface area contributed by atoms with Gasteiger partial charge in [0, 0.05) is 36.6 Å². The average Bonchev–Trinajstić information content (AvgIpc) is 3.18. The van der Waals surface area contributed by atoms with Crippen LogP contribution in [-0.4, -0.2) is 42.8 Å². The zero-order valence-electron chi connectivity index (χ0n) is 15.8. The molecule has 0 aliphatic carbocycles. The van der Waals surface area contributed by atoms with E-state index in [-0.39, 0.29) is 18.0 Å². The Kier molecular flexibility index (Phi) is 5.63. The monoisotopic (exact) mass is 372 g/mol. The van der Waals surface area contributed by atoms with Crippen molar-refractivity contribution in [3.63, 3.8) is 0 Å². The minimum Gasteiger partial charge on any atom is -0.493 e. The third-order valence-corrected chi connectivity index (χ3v) is 4.47. The van der Waals surface area contributed by atoms with Gasteiger partial charge in [0.15, 0.2) is 11.5 Å². The molecule has 8 heteroatoms. The van der Waals surface area contributed by atoms with Crippen LogP contribution in [-0.2, 0) is 11.3 Å². The highest BCUT2D eigenvalue weighted by Gasteiger charge is 2.20. The maximum Gasteiger partial charge on any atom is 0.255 e. The summed E-state index contributed by atoms with van der Waals surface area (Å²) in [6.07, 6.45) is 2.11. The highest BCUT2D eigenvalue weighted by molar-refractivity contribution is 5.91. The Labute approximate surface area is 157 Å². The SMILES string of the molecule is COc1ccc(NC(=O)Cn2c(N3CCCC3)nc(C)cc2=O)cc1OC. The van der Waals surface area contributed by atoms with Crippen molar-refractivity contribution >= 4 is 17.5 Å². The Morgan fingerprint density at radius 1 is 1.15 bits per heavy atom. The van der Waals surface area contributed by atoms with E-state index >= 15 is 0 Å². The lowest BCUT2D eigenvalue weighted by atomic mass is 10.2. The molecule has 1 aliphatic rings. The number of aryl methyl sites for hydroxylation is 1. The van der Waals surface area contributed by atoms with Gasteiger partial charge in [-0.05, 0) is 31.9 Å². The van der Waals surface area contributed by atoms with Crippen LogP contribution in [0.15, 0.2) is 29.1 Å². The first-order valence-electron chi connectivity index (χ1n) is 8.87. The van der Waals surface area contributed by atoms with Crippen LogP contribution in [0.25, 0.3) is 0 Å². The van der Waals surface area contributed by atoms with Crippen LogP contribution >= 0.6 is 0 Å². The molecular weight excluding hydrogens is 348 g/mol. The minimum atomic E-state index is -0.310. The maximum atomic E-state index is 12.6. The highest BCUT2D eigenvalue weighted by atomic mass is 16.5. The van der Waals surface area contributed by atoms with Crippen LogP contribution < -0.4 is 25.2 Å². The highest BCUT2D eigenvalue weighted by Crippen LogP contribution is 2.29. The Bertz CT molecular complexity index is 888. The quantitative estimate of drug-likeness (QED) is 0.832. The van der Waals surface area contributed by atoms with Gasteiger partial charge in [-0.2, -0.15) is 0 Å². The third-order valence-electron chi connectivity index (χ3n) is 4.47. The Hall–Kier alpha value is -3.03. The van der Waals surface area contributed by atoms with Crippen molar-refractivity contribution in [2.24, 2.45) is 0 Å². The molecule has 2 aromatic rings. The lowest BCUT2D eigenvalue weighted by molar-refractivity contribution is -0.116. The fraction of sp³-hybridized carbons (Fsp3) is 0.421. The summed E-state index contributed by atoms with van der Waals surface area (Å²) >= 11 is 0. The van der Waals surface area contributed by atoms with E-state index in [0.29, 0.717) is 28.8 Å². The summed E-state index contributed by atoms with van der Waals surface area (Å²) in [5.74, 6) is 1.34. The number of hydrogen-bond donors (Lipinski definition) is 1. The van der Waals surface area contributed by atoms with Gasteiger partial charge in [-0.15, -0.1) is 0 Å². The van der Waals surface area contributed by atoms with Gasteiger partial charge in [0.2, 0.25) is 11.9 Å². The topological polar surface area (TPSA) is 85.7 Å². The first kappa shape index (κ1) is 18.8. The van der Waals surface area contributed by atoms with Crippen molar-refractivity contribution < 1.29 is 14.3 Å². The van der Waals surface area contributed by atoms with Crippen LogP contribution in [0.4, 0.5) is 11.6 Å². The number of carbonyl (C=O) groups excluding carboxylic acids is 1. The number of anilines is 2. The van der Waals surface area contributed by atoms with Crippen molar-refractivity contribution in [3.8, 4) is 11.5 Å². The lowest BCUT2D eigenvalue weighted by Gasteiger charge is -2.21. The van der Waals surface area contributed by atoms with Gasteiger partial charge < -0.3 is 19.7 Å². The van der Waals surface area contributed by atoms with E-state index in [9.17, 15) is 9.59 Å². The summed E-state index contributed by atoms with van der Waals surface area (Å²) in [6.45, 7) is 3.36. The summed E-state index contributed by atoms with van der Waals surface area (Å²) in [5, 5.41) is 2.80.